The lowest BCUT2D eigenvalue weighted by Crippen LogP contribution is -2.28. The Bertz CT molecular complexity index is 470. The van der Waals surface area contributed by atoms with E-state index < -0.39 is 5.54 Å². The van der Waals surface area contributed by atoms with Gasteiger partial charge in [-0.05, 0) is 26.0 Å². The van der Waals surface area contributed by atoms with E-state index in [2.05, 4.69) is 4.98 Å². The molecular weight excluding hydrogens is 199 g/mol. The Kier molecular flexibility index (Phi) is 2.05. The Hall–Kier alpha value is -1.00. The average Bonchev–Trinajstić information content (AvgIpc) is 2.48. The molecule has 2 nitrogen and oxygen atoms in total. The molecule has 0 radical (unpaired) electrons. The fourth-order valence-corrected chi connectivity index (χ4v) is 2.18. The third-order valence-electron chi connectivity index (χ3n) is 1.92. The average molecular weight is 210 g/mol. The highest BCUT2D eigenvalue weighted by Gasteiger charge is 2.20. The third kappa shape index (κ3) is 1.51. The first-order valence-corrected chi connectivity index (χ1v) is 5.14. The molecule has 0 bridgehead atoms. The Morgan fingerprint density at radius 2 is 2.14 bits per heavy atom. The van der Waals surface area contributed by atoms with Crippen LogP contribution in [0.2, 0.25) is 0 Å². The van der Waals surface area contributed by atoms with Gasteiger partial charge in [0.15, 0.2) is 0 Å². The van der Waals surface area contributed by atoms with Crippen molar-refractivity contribution in [1.29, 1.82) is 0 Å². The normalized spacial score (nSPS) is 12.3. The van der Waals surface area contributed by atoms with Crippen molar-refractivity contribution >= 4 is 21.6 Å². The van der Waals surface area contributed by atoms with Crippen LogP contribution in [0.4, 0.5) is 4.39 Å². The van der Waals surface area contributed by atoms with Gasteiger partial charge in [0.05, 0.1) is 15.8 Å². The predicted molar refractivity (Wildman–Crippen MR) is 56.8 cm³/mol. The van der Waals surface area contributed by atoms with E-state index in [1.165, 1.54) is 17.4 Å². The molecule has 1 aromatic carbocycles. The molecule has 0 spiro atoms. The van der Waals surface area contributed by atoms with Crippen LogP contribution in [0.5, 0.6) is 0 Å². The van der Waals surface area contributed by atoms with E-state index >= 15 is 0 Å². The summed E-state index contributed by atoms with van der Waals surface area (Å²) < 4.78 is 13.9. The van der Waals surface area contributed by atoms with Gasteiger partial charge in [-0.3, -0.25) is 0 Å². The zero-order valence-electron chi connectivity index (χ0n) is 8.04. The number of aromatic nitrogens is 1. The lowest BCUT2D eigenvalue weighted by atomic mass is 10.1. The second-order valence-corrected chi connectivity index (χ2v) is 4.83. The van der Waals surface area contributed by atoms with Crippen LogP contribution in [-0.2, 0) is 5.54 Å². The Balaban J connectivity index is 2.69. The van der Waals surface area contributed by atoms with Crippen molar-refractivity contribution in [3.05, 3.63) is 29.0 Å². The molecule has 0 saturated heterocycles. The van der Waals surface area contributed by atoms with Gasteiger partial charge in [-0.15, -0.1) is 11.3 Å². The fourth-order valence-electron chi connectivity index (χ4n) is 1.19. The van der Waals surface area contributed by atoms with Crippen molar-refractivity contribution in [3.63, 3.8) is 0 Å². The van der Waals surface area contributed by atoms with E-state index in [0.29, 0.717) is 10.2 Å². The van der Waals surface area contributed by atoms with Gasteiger partial charge in [0.2, 0.25) is 0 Å². The topological polar surface area (TPSA) is 38.9 Å². The van der Waals surface area contributed by atoms with Crippen molar-refractivity contribution in [2.45, 2.75) is 19.4 Å². The lowest BCUT2D eigenvalue weighted by Gasteiger charge is -2.13. The standard InChI is InChI=1S/C10H11FN2S/c1-10(2,12)9-13-7-5-3-4-6(11)8(7)14-9/h3-5H,12H2,1-2H3. The van der Waals surface area contributed by atoms with E-state index in [0.717, 1.165) is 5.01 Å². The van der Waals surface area contributed by atoms with E-state index in [1.54, 1.807) is 12.1 Å². The largest absolute Gasteiger partial charge is 0.320 e. The first-order valence-electron chi connectivity index (χ1n) is 4.33. The van der Waals surface area contributed by atoms with Gasteiger partial charge in [0.25, 0.3) is 0 Å². The molecule has 1 aromatic heterocycles. The van der Waals surface area contributed by atoms with Crippen LogP contribution >= 0.6 is 11.3 Å². The molecule has 0 atom stereocenters. The number of halogens is 1. The van der Waals surface area contributed by atoms with E-state index in [1.807, 2.05) is 13.8 Å². The van der Waals surface area contributed by atoms with Gasteiger partial charge in [0, 0.05) is 0 Å². The first kappa shape index (κ1) is 9.55. The molecular formula is C10H11FN2S. The predicted octanol–water partition coefficient (Wildman–Crippen LogP) is 2.63. The van der Waals surface area contributed by atoms with Crippen LogP contribution < -0.4 is 5.73 Å². The van der Waals surface area contributed by atoms with Crippen LogP contribution in [0, 0.1) is 5.82 Å². The number of fused-ring (bicyclic) bond motifs is 1. The molecule has 2 aromatic rings. The highest BCUT2D eigenvalue weighted by atomic mass is 32.1. The van der Waals surface area contributed by atoms with E-state index in [9.17, 15) is 4.39 Å². The molecule has 2 N–H and O–H groups in total. The molecule has 0 saturated carbocycles. The maximum absolute atomic E-state index is 13.3. The van der Waals surface area contributed by atoms with Crippen LogP contribution in [-0.4, -0.2) is 4.98 Å². The second-order valence-electron chi connectivity index (χ2n) is 3.83. The maximum Gasteiger partial charge on any atom is 0.142 e. The molecule has 0 aliphatic heterocycles. The van der Waals surface area contributed by atoms with Crippen molar-refractivity contribution in [1.82, 2.24) is 4.98 Å². The summed E-state index contributed by atoms with van der Waals surface area (Å²) in [5.41, 5.74) is 6.08. The second kappa shape index (κ2) is 3.00. The van der Waals surface area contributed by atoms with Gasteiger partial charge in [-0.2, -0.15) is 0 Å². The SMILES string of the molecule is CC(C)(N)c1nc2cccc(F)c2s1. The minimum Gasteiger partial charge on any atom is -0.320 e. The molecule has 74 valence electrons. The van der Waals surface area contributed by atoms with E-state index in [4.69, 9.17) is 5.73 Å². The minimum atomic E-state index is -0.504. The number of hydrogen-bond donors (Lipinski definition) is 1. The molecule has 0 aliphatic rings. The molecule has 4 heteroatoms. The van der Waals surface area contributed by atoms with Crippen LogP contribution in [0.1, 0.15) is 18.9 Å². The fraction of sp³-hybridized carbons (Fsp3) is 0.300. The highest BCUT2D eigenvalue weighted by molar-refractivity contribution is 7.18. The number of nitrogens with zero attached hydrogens (tertiary/aromatic N) is 1. The summed E-state index contributed by atoms with van der Waals surface area (Å²) in [7, 11) is 0. The molecule has 0 aliphatic carbocycles. The summed E-state index contributed by atoms with van der Waals surface area (Å²) in [6, 6.07) is 4.89. The summed E-state index contributed by atoms with van der Waals surface area (Å²) >= 11 is 1.32. The number of hydrogen-bond acceptors (Lipinski definition) is 3. The first-order chi connectivity index (χ1) is 6.48. The van der Waals surface area contributed by atoms with Gasteiger partial charge in [-0.1, -0.05) is 6.07 Å². The number of rotatable bonds is 1. The number of thiazole rings is 1. The zero-order chi connectivity index (χ0) is 10.3. The molecule has 1 heterocycles. The Morgan fingerprint density at radius 1 is 1.43 bits per heavy atom. The van der Waals surface area contributed by atoms with Crippen molar-refractivity contribution < 1.29 is 4.39 Å². The van der Waals surface area contributed by atoms with Crippen LogP contribution in [0.25, 0.3) is 10.2 Å². The summed E-state index contributed by atoms with van der Waals surface area (Å²) in [6.07, 6.45) is 0. The summed E-state index contributed by atoms with van der Waals surface area (Å²) in [4.78, 5) is 4.30. The Morgan fingerprint density at radius 3 is 2.71 bits per heavy atom. The highest BCUT2D eigenvalue weighted by Crippen LogP contribution is 2.29. The van der Waals surface area contributed by atoms with Gasteiger partial charge in [-0.25, -0.2) is 9.37 Å². The van der Waals surface area contributed by atoms with Crippen molar-refractivity contribution in [2.24, 2.45) is 5.73 Å². The van der Waals surface area contributed by atoms with Crippen LogP contribution in [0.3, 0.4) is 0 Å². The molecule has 0 amide bonds. The number of nitrogens with two attached hydrogens (primary N) is 1. The monoisotopic (exact) mass is 210 g/mol. The maximum atomic E-state index is 13.3. The molecule has 0 unspecified atom stereocenters. The lowest BCUT2D eigenvalue weighted by molar-refractivity contribution is 0.551. The van der Waals surface area contributed by atoms with Gasteiger partial charge in [0.1, 0.15) is 10.8 Å². The summed E-state index contributed by atoms with van der Waals surface area (Å²) in [5, 5.41) is 0.762. The van der Waals surface area contributed by atoms with Crippen molar-refractivity contribution in [2.75, 3.05) is 0 Å². The van der Waals surface area contributed by atoms with Crippen molar-refractivity contribution in [3.8, 4) is 0 Å². The Labute approximate surface area is 85.6 Å². The summed E-state index contributed by atoms with van der Waals surface area (Å²) in [6.45, 7) is 3.73. The third-order valence-corrected chi connectivity index (χ3v) is 3.34. The molecule has 0 fully saturated rings. The van der Waals surface area contributed by atoms with Gasteiger partial charge < -0.3 is 5.73 Å². The zero-order valence-corrected chi connectivity index (χ0v) is 8.86. The van der Waals surface area contributed by atoms with E-state index in [-0.39, 0.29) is 5.82 Å². The minimum absolute atomic E-state index is 0.226. The van der Waals surface area contributed by atoms with Crippen LogP contribution in [0.15, 0.2) is 18.2 Å². The smallest absolute Gasteiger partial charge is 0.142 e. The number of benzene rings is 1. The quantitative estimate of drug-likeness (QED) is 0.785. The summed E-state index contributed by atoms with van der Waals surface area (Å²) in [5.74, 6) is -0.226. The molecule has 2 rings (SSSR count). The molecule has 14 heavy (non-hydrogen) atoms. The van der Waals surface area contributed by atoms with Gasteiger partial charge >= 0.3 is 0 Å².